The summed E-state index contributed by atoms with van der Waals surface area (Å²) in [6.45, 7) is 11.0. The van der Waals surface area contributed by atoms with E-state index in [0.29, 0.717) is 12.0 Å². The number of ketones is 2. The fourth-order valence-electron chi connectivity index (χ4n) is 1.98. The average Bonchev–Trinajstić information content (AvgIpc) is 2.41. The summed E-state index contributed by atoms with van der Waals surface area (Å²) in [5.74, 6) is -0.173. The van der Waals surface area contributed by atoms with Crippen molar-refractivity contribution < 1.29 is 9.59 Å². The molecule has 1 atom stereocenters. The molecule has 0 bridgehead atoms. The Kier molecular flexibility index (Phi) is 3.32. The van der Waals surface area contributed by atoms with Crippen molar-refractivity contribution in [2.45, 2.75) is 34.1 Å². The number of carbonyl (C=O) groups excluding carboxylic acids is 2. The van der Waals surface area contributed by atoms with E-state index in [0.717, 1.165) is 11.1 Å². The van der Waals surface area contributed by atoms with Crippen LogP contribution in [0.1, 0.15) is 34.1 Å². The maximum Gasteiger partial charge on any atom is 0.177 e. The topological polar surface area (TPSA) is 34.1 Å². The molecule has 0 saturated heterocycles. The van der Waals surface area contributed by atoms with Crippen LogP contribution in [0.15, 0.2) is 35.5 Å². The third kappa shape index (κ3) is 1.92. The van der Waals surface area contributed by atoms with Gasteiger partial charge in [0.05, 0.1) is 5.41 Å². The summed E-state index contributed by atoms with van der Waals surface area (Å²) in [6, 6.07) is 0. The molecule has 0 radical (unpaired) electrons. The van der Waals surface area contributed by atoms with Gasteiger partial charge in [-0.3, -0.25) is 9.59 Å². The van der Waals surface area contributed by atoms with E-state index in [1.54, 1.807) is 6.92 Å². The third-order valence-corrected chi connectivity index (χ3v) is 3.08. The van der Waals surface area contributed by atoms with Gasteiger partial charge in [0.1, 0.15) is 0 Å². The molecule has 1 aliphatic carbocycles. The highest BCUT2D eigenvalue weighted by atomic mass is 16.2. The van der Waals surface area contributed by atoms with Gasteiger partial charge in [0.25, 0.3) is 0 Å². The first-order valence-corrected chi connectivity index (χ1v) is 5.41. The quantitative estimate of drug-likeness (QED) is 0.539. The van der Waals surface area contributed by atoms with E-state index >= 15 is 0 Å². The van der Waals surface area contributed by atoms with E-state index in [1.807, 2.05) is 26.8 Å². The second-order valence-electron chi connectivity index (χ2n) is 4.69. The van der Waals surface area contributed by atoms with Gasteiger partial charge in [0, 0.05) is 5.57 Å². The van der Waals surface area contributed by atoms with Crippen molar-refractivity contribution in [1.82, 2.24) is 0 Å². The third-order valence-electron chi connectivity index (χ3n) is 3.08. The first-order chi connectivity index (χ1) is 7.32. The van der Waals surface area contributed by atoms with E-state index < -0.39 is 5.41 Å². The summed E-state index contributed by atoms with van der Waals surface area (Å²) in [4.78, 5) is 24.1. The molecule has 0 aromatic rings. The van der Waals surface area contributed by atoms with Crippen molar-refractivity contribution in [2.24, 2.45) is 5.41 Å². The molecule has 0 amide bonds. The molecule has 0 heterocycles. The molecule has 0 saturated carbocycles. The van der Waals surface area contributed by atoms with Crippen LogP contribution in [0.5, 0.6) is 0 Å². The minimum absolute atomic E-state index is 0.0731. The van der Waals surface area contributed by atoms with Crippen LogP contribution >= 0.6 is 0 Å². The van der Waals surface area contributed by atoms with Gasteiger partial charge in [-0.25, -0.2) is 0 Å². The fraction of sp³-hybridized carbons (Fsp3) is 0.429. The van der Waals surface area contributed by atoms with E-state index in [4.69, 9.17) is 0 Å². The minimum Gasteiger partial charge on any atom is -0.294 e. The fourth-order valence-corrected chi connectivity index (χ4v) is 1.98. The van der Waals surface area contributed by atoms with Crippen LogP contribution in [0.25, 0.3) is 0 Å². The number of rotatable bonds is 3. The molecule has 0 unspecified atom stereocenters. The normalized spacial score (nSPS) is 26.0. The molecule has 0 fully saturated rings. The van der Waals surface area contributed by atoms with Gasteiger partial charge in [-0.15, -0.1) is 6.58 Å². The minimum atomic E-state index is -0.925. The smallest absolute Gasteiger partial charge is 0.177 e. The van der Waals surface area contributed by atoms with E-state index in [2.05, 4.69) is 6.58 Å². The Bertz CT molecular complexity index is 424. The van der Waals surface area contributed by atoms with Crippen molar-refractivity contribution in [1.29, 1.82) is 0 Å². The van der Waals surface area contributed by atoms with Crippen molar-refractivity contribution in [3.63, 3.8) is 0 Å². The van der Waals surface area contributed by atoms with Crippen molar-refractivity contribution in [3.05, 3.63) is 35.5 Å². The number of allylic oxidation sites excluding steroid dienone is 5. The monoisotopic (exact) mass is 218 g/mol. The molecule has 16 heavy (non-hydrogen) atoms. The van der Waals surface area contributed by atoms with Crippen LogP contribution < -0.4 is 0 Å². The molecule has 1 aliphatic rings. The Morgan fingerprint density at radius 3 is 2.44 bits per heavy atom. The lowest BCUT2D eigenvalue weighted by molar-refractivity contribution is -0.132. The van der Waals surface area contributed by atoms with Gasteiger partial charge in [0.2, 0.25) is 0 Å². The van der Waals surface area contributed by atoms with Crippen LogP contribution in [-0.4, -0.2) is 11.6 Å². The van der Waals surface area contributed by atoms with Crippen molar-refractivity contribution >= 4 is 11.6 Å². The first kappa shape index (κ1) is 12.6. The van der Waals surface area contributed by atoms with Gasteiger partial charge >= 0.3 is 0 Å². The van der Waals surface area contributed by atoms with E-state index in [9.17, 15) is 9.59 Å². The highest BCUT2D eigenvalue weighted by molar-refractivity contribution is 6.26. The zero-order chi connectivity index (χ0) is 12.5. The molecule has 1 rings (SSSR count). The second kappa shape index (κ2) is 4.20. The molecule has 2 heteroatoms. The van der Waals surface area contributed by atoms with Crippen LogP contribution in [0.2, 0.25) is 0 Å². The maximum absolute atomic E-state index is 12.2. The van der Waals surface area contributed by atoms with Crippen molar-refractivity contribution in [2.75, 3.05) is 0 Å². The Morgan fingerprint density at radius 2 is 2.00 bits per heavy atom. The predicted octanol–water partition coefficient (Wildman–Crippen LogP) is 3.00. The number of hydrogen-bond acceptors (Lipinski definition) is 2. The molecule has 0 aromatic heterocycles. The largest absolute Gasteiger partial charge is 0.294 e. The Morgan fingerprint density at radius 1 is 1.44 bits per heavy atom. The lowest BCUT2D eigenvalue weighted by Gasteiger charge is -2.21. The summed E-state index contributed by atoms with van der Waals surface area (Å²) in [6.07, 6.45) is 3.76. The number of hydrogen-bond donors (Lipinski definition) is 0. The summed E-state index contributed by atoms with van der Waals surface area (Å²) >= 11 is 0. The molecule has 0 aromatic carbocycles. The predicted molar refractivity (Wildman–Crippen MR) is 65.1 cm³/mol. The van der Waals surface area contributed by atoms with E-state index in [-0.39, 0.29) is 11.6 Å². The molecule has 0 aliphatic heterocycles. The molecule has 2 nitrogen and oxygen atoms in total. The first-order valence-electron chi connectivity index (χ1n) is 5.41. The van der Waals surface area contributed by atoms with Crippen LogP contribution in [-0.2, 0) is 9.59 Å². The maximum atomic E-state index is 12.2. The van der Waals surface area contributed by atoms with Gasteiger partial charge in [-0.1, -0.05) is 11.6 Å². The summed E-state index contributed by atoms with van der Waals surface area (Å²) in [5, 5.41) is 0. The summed E-state index contributed by atoms with van der Waals surface area (Å²) < 4.78 is 0. The highest BCUT2D eigenvalue weighted by Gasteiger charge is 2.46. The van der Waals surface area contributed by atoms with Crippen LogP contribution in [0.4, 0.5) is 0 Å². The van der Waals surface area contributed by atoms with Crippen LogP contribution in [0.3, 0.4) is 0 Å². The zero-order valence-corrected chi connectivity index (χ0v) is 10.4. The average molecular weight is 218 g/mol. The van der Waals surface area contributed by atoms with E-state index in [1.165, 1.54) is 6.08 Å². The Labute approximate surface area is 96.7 Å². The number of carbonyl (C=O) groups is 2. The lowest BCUT2D eigenvalue weighted by Crippen LogP contribution is -2.31. The molecule has 86 valence electrons. The summed E-state index contributed by atoms with van der Waals surface area (Å²) in [5.41, 5.74) is 1.35. The second-order valence-corrected chi connectivity index (χ2v) is 4.69. The lowest BCUT2D eigenvalue weighted by atomic mass is 9.78. The molecular formula is C14H18O2. The van der Waals surface area contributed by atoms with Crippen LogP contribution in [0, 0.1) is 5.41 Å². The highest BCUT2D eigenvalue weighted by Crippen LogP contribution is 2.38. The zero-order valence-electron chi connectivity index (χ0n) is 10.4. The number of Topliss-reactive ketones (excluding diaryl/α,β-unsaturated/α-hetero) is 1. The standard InChI is InChI=1S/C14H18O2/c1-6-10(4)11-7-12(15)14(5,13(11)16)8-9(2)3/h6-7H,2,8H2,1,3-5H3/b10-6+/t14-/m0/s1. The van der Waals surface area contributed by atoms with Gasteiger partial charge in [0.15, 0.2) is 11.6 Å². The van der Waals surface area contributed by atoms with Crippen molar-refractivity contribution in [3.8, 4) is 0 Å². The van der Waals surface area contributed by atoms with Gasteiger partial charge in [-0.05, 0) is 45.8 Å². The molecule has 0 spiro atoms. The van der Waals surface area contributed by atoms with Gasteiger partial charge < -0.3 is 0 Å². The molecule has 0 N–H and O–H groups in total. The summed E-state index contributed by atoms with van der Waals surface area (Å²) in [7, 11) is 0. The molecular weight excluding hydrogens is 200 g/mol. The SMILES string of the molecule is C=C(C)C[C@@]1(C)C(=O)C=C(/C(C)=C/C)C1=O. The Balaban J connectivity index is 3.12. The Hall–Kier alpha value is -1.44. The van der Waals surface area contributed by atoms with Gasteiger partial charge in [-0.2, -0.15) is 0 Å².